The summed E-state index contributed by atoms with van der Waals surface area (Å²) in [6, 6.07) is 0.886. The highest BCUT2D eigenvalue weighted by molar-refractivity contribution is 6.31. The molecule has 0 radical (unpaired) electrons. The maximum absolute atomic E-state index is 13.8. The zero-order valence-electron chi connectivity index (χ0n) is 13.1. The number of carbonyl (C=O) groups excluding carboxylic acids is 2. The van der Waals surface area contributed by atoms with Gasteiger partial charge in [0.15, 0.2) is 5.82 Å². The van der Waals surface area contributed by atoms with Crippen LogP contribution in [0.5, 0.6) is 0 Å². The van der Waals surface area contributed by atoms with Crippen molar-refractivity contribution in [3.05, 3.63) is 17.0 Å². The first-order chi connectivity index (χ1) is 10.9. The summed E-state index contributed by atoms with van der Waals surface area (Å²) in [5.41, 5.74) is 0.492. The van der Waals surface area contributed by atoms with E-state index in [9.17, 15) is 14.0 Å². The topological polar surface area (TPSA) is 56.8 Å². The number of pyridine rings is 1. The van der Waals surface area contributed by atoms with Crippen molar-refractivity contribution in [2.24, 2.45) is 0 Å². The molecular weight excluding hydrogens is 323 g/mol. The molecule has 1 atom stereocenters. The summed E-state index contributed by atoms with van der Waals surface area (Å²) in [5, 5.41) is -0.112. The zero-order valence-corrected chi connectivity index (χ0v) is 13.8. The summed E-state index contributed by atoms with van der Waals surface area (Å²) < 4.78 is 13.8. The summed E-state index contributed by atoms with van der Waals surface area (Å²) >= 11 is 5.79. The predicted molar refractivity (Wildman–Crippen MR) is 85.2 cm³/mol. The normalized spacial score (nSPS) is 20.4. The minimum absolute atomic E-state index is 0.0450. The van der Waals surface area contributed by atoms with E-state index in [1.165, 1.54) is 11.0 Å². The van der Waals surface area contributed by atoms with Crippen molar-refractivity contribution < 1.29 is 14.0 Å². The van der Waals surface area contributed by atoms with Gasteiger partial charge in [-0.25, -0.2) is 0 Å². The zero-order chi connectivity index (χ0) is 16.7. The molecule has 1 aromatic heterocycles. The molecule has 1 aromatic rings. The van der Waals surface area contributed by atoms with E-state index in [4.69, 9.17) is 11.6 Å². The van der Waals surface area contributed by atoms with Crippen LogP contribution in [0.25, 0.3) is 0 Å². The SMILES string of the molecule is CCCC(=O)N1CCN2c3nc(F)c(Cl)cc3N(C)C(=O)[C@H]2C1. The fourth-order valence-electron chi connectivity index (χ4n) is 3.09. The van der Waals surface area contributed by atoms with Gasteiger partial charge in [-0.3, -0.25) is 9.59 Å². The maximum atomic E-state index is 13.8. The molecule has 0 spiro atoms. The number of anilines is 2. The van der Waals surface area contributed by atoms with E-state index in [0.29, 0.717) is 37.6 Å². The van der Waals surface area contributed by atoms with E-state index in [-0.39, 0.29) is 16.8 Å². The molecule has 23 heavy (non-hydrogen) atoms. The Morgan fingerprint density at radius 3 is 2.91 bits per heavy atom. The molecule has 0 aliphatic carbocycles. The summed E-state index contributed by atoms with van der Waals surface area (Å²) in [6.07, 6.45) is 1.24. The number of fused-ring (bicyclic) bond motifs is 3. The number of halogens is 2. The van der Waals surface area contributed by atoms with Crippen molar-refractivity contribution in [2.45, 2.75) is 25.8 Å². The molecule has 1 saturated heterocycles. The average molecular weight is 341 g/mol. The van der Waals surface area contributed by atoms with Crippen LogP contribution in [-0.2, 0) is 9.59 Å². The Morgan fingerprint density at radius 1 is 1.48 bits per heavy atom. The number of amides is 2. The van der Waals surface area contributed by atoms with Gasteiger partial charge in [0.25, 0.3) is 5.91 Å². The van der Waals surface area contributed by atoms with Crippen LogP contribution in [0, 0.1) is 5.95 Å². The second-order valence-electron chi connectivity index (χ2n) is 5.80. The number of aromatic nitrogens is 1. The Bertz CT molecular complexity index is 669. The Kier molecular flexibility index (Phi) is 4.14. The molecule has 8 heteroatoms. The second-order valence-corrected chi connectivity index (χ2v) is 6.21. The van der Waals surface area contributed by atoms with Crippen molar-refractivity contribution >= 4 is 34.9 Å². The van der Waals surface area contributed by atoms with Crippen LogP contribution in [0.15, 0.2) is 6.07 Å². The molecule has 0 bridgehead atoms. The van der Waals surface area contributed by atoms with Crippen LogP contribution in [-0.4, -0.2) is 54.4 Å². The van der Waals surface area contributed by atoms with Gasteiger partial charge in [-0.1, -0.05) is 18.5 Å². The summed E-state index contributed by atoms with van der Waals surface area (Å²) in [6.45, 7) is 3.19. The fourth-order valence-corrected chi connectivity index (χ4v) is 3.24. The highest BCUT2D eigenvalue weighted by Crippen LogP contribution is 2.37. The van der Waals surface area contributed by atoms with Crippen LogP contribution < -0.4 is 9.80 Å². The Hall–Kier alpha value is -1.89. The molecule has 0 unspecified atom stereocenters. The van der Waals surface area contributed by atoms with Crippen molar-refractivity contribution in [3.63, 3.8) is 0 Å². The van der Waals surface area contributed by atoms with Crippen molar-refractivity contribution in [1.29, 1.82) is 0 Å². The molecule has 0 aromatic carbocycles. The van der Waals surface area contributed by atoms with Crippen molar-refractivity contribution in [1.82, 2.24) is 9.88 Å². The number of rotatable bonds is 2. The number of hydrogen-bond donors (Lipinski definition) is 0. The standard InChI is InChI=1S/C15H18ClFN4O2/c1-3-4-12(22)20-5-6-21-11(8-20)15(23)19(2)10-7-9(16)13(17)18-14(10)21/h7,11H,3-6,8H2,1-2H3/t11-/m1/s1. The lowest BCUT2D eigenvalue weighted by molar-refractivity contribution is -0.133. The van der Waals surface area contributed by atoms with Gasteiger partial charge >= 0.3 is 0 Å². The summed E-state index contributed by atoms with van der Waals surface area (Å²) in [7, 11) is 1.61. The van der Waals surface area contributed by atoms with Crippen LogP contribution in [0.3, 0.4) is 0 Å². The van der Waals surface area contributed by atoms with Crippen LogP contribution in [0.1, 0.15) is 19.8 Å². The Labute approximate surface area is 138 Å². The third-order valence-electron chi connectivity index (χ3n) is 4.34. The number of carbonyl (C=O) groups is 2. The van der Waals surface area contributed by atoms with E-state index >= 15 is 0 Å². The number of likely N-dealkylation sites (N-methyl/N-ethyl adjacent to an activating group) is 1. The molecule has 124 valence electrons. The second kappa shape index (κ2) is 5.96. The van der Waals surface area contributed by atoms with Gasteiger partial charge in [0.1, 0.15) is 6.04 Å². The Balaban J connectivity index is 1.93. The van der Waals surface area contributed by atoms with E-state index in [0.717, 1.165) is 6.42 Å². The molecule has 2 aliphatic rings. The number of nitrogens with zero attached hydrogens (tertiary/aromatic N) is 4. The fraction of sp³-hybridized carbons (Fsp3) is 0.533. The van der Waals surface area contributed by atoms with Gasteiger partial charge in [-0.05, 0) is 12.5 Å². The first-order valence-electron chi connectivity index (χ1n) is 7.62. The lowest BCUT2D eigenvalue weighted by atomic mass is 10.1. The molecule has 0 saturated carbocycles. The largest absolute Gasteiger partial charge is 0.339 e. The predicted octanol–water partition coefficient (Wildman–Crippen LogP) is 1.67. The van der Waals surface area contributed by atoms with Crippen molar-refractivity contribution in [3.8, 4) is 0 Å². The third-order valence-corrected chi connectivity index (χ3v) is 4.60. The third kappa shape index (κ3) is 2.63. The van der Waals surface area contributed by atoms with Gasteiger partial charge in [0.2, 0.25) is 11.9 Å². The van der Waals surface area contributed by atoms with E-state index < -0.39 is 12.0 Å². The molecular formula is C15H18ClFN4O2. The lowest BCUT2D eigenvalue weighted by Gasteiger charge is -2.46. The molecule has 2 amide bonds. The highest BCUT2D eigenvalue weighted by atomic mass is 35.5. The van der Waals surface area contributed by atoms with E-state index in [1.807, 2.05) is 6.92 Å². The first-order valence-corrected chi connectivity index (χ1v) is 7.99. The molecule has 2 aliphatic heterocycles. The van der Waals surface area contributed by atoms with Crippen molar-refractivity contribution in [2.75, 3.05) is 36.5 Å². The Morgan fingerprint density at radius 2 is 2.22 bits per heavy atom. The van der Waals surface area contributed by atoms with E-state index in [2.05, 4.69) is 4.98 Å². The van der Waals surface area contributed by atoms with Gasteiger partial charge in [0.05, 0.1) is 17.3 Å². The molecule has 1 fully saturated rings. The van der Waals surface area contributed by atoms with Crippen LogP contribution in [0.4, 0.5) is 15.9 Å². The maximum Gasteiger partial charge on any atom is 0.251 e. The quantitative estimate of drug-likeness (QED) is 0.768. The van der Waals surface area contributed by atoms with Gasteiger partial charge in [-0.2, -0.15) is 9.37 Å². The van der Waals surface area contributed by atoms with Crippen LogP contribution >= 0.6 is 11.6 Å². The minimum Gasteiger partial charge on any atom is -0.339 e. The van der Waals surface area contributed by atoms with E-state index in [1.54, 1.807) is 16.8 Å². The first kappa shape index (κ1) is 16.0. The summed E-state index contributed by atoms with van der Waals surface area (Å²) in [5.74, 6) is -0.447. The molecule has 3 heterocycles. The molecule has 6 nitrogen and oxygen atoms in total. The summed E-state index contributed by atoms with van der Waals surface area (Å²) in [4.78, 5) is 33.5. The number of piperazine rings is 1. The monoisotopic (exact) mass is 340 g/mol. The molecule has 3 rings (SSSR count). The smallest absolute Gasteiger partial charge is 0.251 e. The van der Waals surface area contributed by atoms with Gasteiger partial charge < -0.3 is 14.7 Å². The highest BCUT2D eigenvalue weighted by Gasteiger charge is 2.42. The van der Waals surface area contributed by atoms with Gasteiger partial charge in [-0.15, -0.1) is 0 Å². The lowest BCUT2D eigenvalue weighted by Crippen LogP contribution is -2.63. The van der Waals surface area contributed by atoms with Crippen LogP contribution in [0.2, 0.25) is 5.02 Å². The van der Waals surface area contributed by atoms with Gasteiger partial charge in [0, 0.05) is 26.6 Å². The minimum atomic E-state index is -0.753. The average Bonchev–Trinajstić information content (AvgIpc) is 2.54. The molecule has 0 N–H and O–H groups in total. The number of hydrogen-bond acceptors (Lipinski definition) is 4.